The summed E-state index contributed by atoms with van der Waals surface area (Å²) in [6.07, 6.45) is 3.17. The largest absolute Gasteiger partial charge is 0.327 e. The minimum atomic E-state index is -0.284. The lowest BCUT2D eigenvalue weighted by Gasteiger charge is -2.36. The molecule has 1 atom stereocenters. The van der Waals surface area contributed by atoms with Gasteiger partial charge in [-0.15, -0.1) is 0 Å². The molecule has 1 fully saturated rings. The van der Waals surface area contributed by atoms with Crippen LogP contribution in [0.1, 0.15) is 72.6 Å². The molecule has 1 aromatic carbocycles. The van der Waals surface area contributed by atoms with Crippen molar-refractivity contribution in [2.45, 2.75) is 58.5 Å². The first-order chi connectivity index (χ1) is 12.4. The first kappa shape index (κ1) is 17.2. The zero-order valence-electron chi connectivity index (χ0n) is 15.6. The molecule has 138 valence electrons. The lowest BCUT2D eigenvalue weighted by atomic mass is 9.99. The van der Waals surface area contributed by atoms with Crippen LogP contribution < -0.4 is 0 Å². The molecule has 0 unspecified atom stereocenters. The van der Waals surface area contributed by atoms with Crippen LogP contribution >= 0.6 is 0 Å². The van der Waals surface area contributed by atoms with Crippen molar-refractivity contribution in [1.29, 1.82) is 0 Å². The Bertz CT molecular complexity index is 840. The molecular formula is C20H25FN4O. The summed E-state index contributed by atoms with van der Waals surface area (Å²) in [6.45, 7) is 7.26. The van der Waals surface area contributed by atoms with Gasteiger partial charge < -0.3 is 4.90 Å². The summed E-state index contributed by atoms with van der Waals surface area (Å²) < 4.78 is 15.6. The fourth-order valence-corrected chi connectivity index (χ4v) is 3.66. The van der Waals surface area contributed by atoms with Gasteiger partial charge in [-0.05, 0) is 55.9 Å². The molecule has 2 aliphatic rings. The van der Waals surface area contributed by atoms with E-state index >= 15 is 0 Å². The van der Waals surface area contributed by atoms with Crippen molar-refractivity contribution in [3.63, 3.8) is 0 Å². The monoisotopic (exact) mass is 356 g/mol. The molecule has 26 heavy (non-hydrogen) atoms. The molecule has 2 heterocycles. The van der Waals surface area contributed by atoms with Gasteiger partial charge in [-0.3, -0.25) is 4.79 Å². The van der Waals surface area contributed by atoms with Gasteiger partial charge in [0.05, 0.1) is 12.6 Å². The third-order valence-electron chi connectivity index (χ3n) is 5.25. The number of amides is 1. The lowest BCUT2D eigenvalue weighted by molar-refractivity contribution is 0.0578. The number of carbonyl (C=O) groups is 1. The van der Waals surface area contributed by atoms with Gasteiger partial charge >= 0.3 is 0 Å². The van der Waals surface area contributed by atoms with Crippen LogP contribution in [0.2, 0.25) is 0 Å². The zero-order valence-corrected chi connectivity index (χ0v) is 15.6. The van der Waals surface area contributed by atoms with Crippen LogP contribution in [0.15, 0.2) is 18.2 Å². The highest BCUT2D eigenvalue weighted by Crippen LogP contribution is 2.40. The second-order valence-electron chi connectivity index (χ2n) is 7.93. The van der Waals surface area contributed by atoms with E-state index in [0.29, 0.717) is 36.1 Å². The van der Waals surface area contributed by atoms with Gasteiger partial charge in [-0.25, -0.2) is 14.1 Å². The first-order valence-electron chi connectivity index (χ1n) is 9.45. The van der Waals surface area contributed by atoms with Crippen molar-refractivity contribution in [1.82, 2.24) is 19.7 Å². The van der Waals surface area contributed by atoms with Crippen molar-refractivity contribution in [2.24, 2.45) is 5.92 Å². The Kier molecular flexibility index (Phi) is 4.29. The fourth-order valence-electron chi connectivity index (χ4n) is 3.66. The lowest BCUT2D eigenvalue weighted by Crippen LogP contribution is -2.43. The molecular weight excluding hydrogens is 331 g/mol. The van der Waals surface area contributed by atoms with Crippen LogP contribution in [0.3, 0.4) is 0 Å². The van der Waals surface area contributed by atoms with Crippen molar-refractivity contribution in [2.75, 3.05) is 6.54 Å². The maximum absolute atomic E-state index is 13.6. The van der Waals surface area contributed by atoms with Gasteiger partial charge in [-0.2, -0.15) is 5.10 Å². The molecule has 0 N–H and O–H groups in total. The molecule has 1 aromatic heterocycles. The Balaban J connectivity index is 1.67. The molecule has 0 spiro atoms. The summed E-state index contributed by atoms with van der Waals surface area (Å²) in [5.74, 6) is 2.42. The van der Waals surface area contributed by atoms with Crippen molar-refractivity contribution in [3.05, 3.63) is 46.8 Å². The summed E-state index contributed by atoms with van der Waals surface area (Å²) in [5, 5.41) is 4.68. The highest BCUT2D eigenvalue weighted by atomic mass is 19.1. The number of nitrogens with zero attached hydrogens (tertiary/aromatic N) is 4. The Morgan fingerprint density at radius 3 is 2.73 bits per heavy atom. The van der Waals surface area contributed by atoms with Crippen molar-refractivity contribution in [3.8, 4) is 0 Å². The number of fused-ring (bicyclic) bond motifs is 1. The number of hydrogen-bond donors (Lipinski definition) is 0. The zero-order chi connectivity index (χ0) is 18.4. The van der Waals surface area contributed by atoms with Gasteiger partial charge in [0.15, 0.2) is 5.82 Å². The minimum Gasteiger partial charge on any atom is -0.327 e. The molecule has 0 bridgehead atoms. The topological polar surface area (TPSA) is 51.0 Å². The molecule has 1 aliphatic heterocycles. The molecule has 1 amide bonds. The Hall–Kier alpha value is -2.24. The number of aryl methyl sites for hydroxylation is 1. The molecule has 2 aromatic rings. The van der Waals surface area contributed by atoms with Crippen LogP contribution in [0, 0.1) is 18.7 Å². The van der Waals surface area contributed by atoms with Crippen molar-refractivity contribution >= 4 is 5.91 Å². The maximum Gasteiger partial charge on any atom is 0.254 e. The number of hydrogen-bond acceptors (Lipinski definition) is 3. The fraction of sp³-hybridized carbons (Fsp3) is 0.550. The minimum absolute atomic E-state index is 0.0547. The van der Waals surface area contributed by atoms with Gasteiger partial charge in [0.1, 0.15) is 11.6 Å². The van der Waals surface area contributed by atoms with Gasteiger partial charge in [-0.1, -0.05) is 13.8 Å². The summed E-state index contributed by atoms with van der Waals surface area (Å²) in [5.41, 5.74) is 1.03. The van der Waals surface area contributed by atoms with E-state index in [1.54, 1.807) is 19.1 Å². The van der Waals surface area contributed by atoms with Crippen LogP contribution in [-0.4, -0.2) is 32.1 Å². The number of carbonyl (C=O) groups excluding carboxylic acids is 1. The number of halogens is 1. The average molecular weight is 356 g/mol. The van der Waals surface area contributed by atoms with Gasteiger partial charge in [0.25, 0.3) is 5.91 Å². The third-order valence-corrected chi connectivity index (χ3v) is 5.25. The van der Waals surface area contributed by atoms with E-state index in [1.807, 2.05) is 9.58 Å². The summed E-state index contributed by atoms with van der Waals surface area (Å²) in [7, 11) is 0. The van der Waals surface area contributed by atoms with Crippen LogP contribution in [0.5, 0.6) is 0 Å². The first-order valence-corrected chi connectivity index (χ1v) is 9.45. The smallest absolute Gasteiger partial charge is 0.254 e. The molecule has 1 saturated carbocycles. The van der Waals surface area contributed by atoms with E-state index in [2.05, 4.69) is 18.9 Å². The van der Waals surface area contributed by atoms with E-state index in [-0.39, 0.29) is 17.8 Å². The molecule has 5 nitrogen and oxygen atoms in total. The van der Waals surface area contributed by atoms with Gasteiger partial charge in [0, 0.05) is 18.0 Å². The van der Waals surface area contributed by atoms with Gasteiger partial charge in [0.2, 0.25) is 0 Å². The predicted octanol–water partition coefficient (Wildman–Crippen LogP) is 3.85. The standard InChI is InChI=1S/C20H25FN4O/c1-12(2)10-17-19-22-18(14-4-5-14)23-25(19)9-8-24(17)20(26)15-6-7-16(21)13(3)11-15/h6-7,11-12,14,17H,4-5,8-10H2,1-3H3/t17-/m0/s1. The second kappa shape index (κ2) is 6.49. The van der Waals surface area contributed by atoms with E-state index in [9.17, 15) is 9.18 Å². The number of benzene rings is 1. The second-order valence-corrected chi connectivity index (χ2v) is 7.93. The average Bonchev–Trinajstić information content (AvgIpc) is 3.36. The Morgan fingerprint density at radius 1 is 1.31 bits per heavy atom. The van der Waals surface area contributed by atoms with E-state index < -0.39 is 0 Å². The maximum atomic E-state index is 13.6. The van der Waals surface area contributed by atoms with Crippen LogP contribution in [0.25, 0.3) is 0 Å². The van der Waals surface area contributed by atoms with E-state index in [4.69, 9.17) is 4.98 Å². The summed E-state index contributed by atoms with van der Waals surface area (Å²) >= 11 is 0. The van der Waals surface area contributed by atoms with E-state index in [1.165, 1.54) is 6.07 Å². The Morgan fingerprint density at radius 2 is 2.08 bits per heavy atom. The molecule has 0 radical (unpaired) electrons. The Labute approximate surface area is 153 Å². The molecule has 6 heteroatoms. The predicted molar refractivity (Wildman–Crippen MR) is 96.4 cm³/mol. The quantitative estimate of drug-likeness (QED) is 0.836. The highest BCUT2D eigenvalue weighted by molar-refractivity contribution is 5.94. The molecule has 1 aliphatic carbocycles. The van der Waals surface area contributed by atoms with Crippen molar-refractivity contribution < 1.29 is 9.18 Å². The molecule has 0 saturated heterocycles. The highest BCUT2D eigenvalue weighted by Gasteiger charge is 2.37. The summed E-state index contributed by atoms with van der Waals surface area (Å²) in [4.78, 5) is 19.9. The van der Waals surface area contributed by atoms with E-state index in [0.717, 1.165) is 30.9 Å². The number of aromatic nitrogens is 3. The van der Waals surface area contributed by atoms with Crippen LogP contribution in [0.4, 0.5) is 4.39 Å². The SMILES string of the molecule is Cc1cc(C(=O)N2CCn3nc(C4CC4)nc3[C@@H]2CC(C)C)ccc1F. The normalized spacial score (nSPS) is 19.7. The van der Waals surface area contributed by atoms with Crippen LogP contribution in [-0.2, 0) is 6.54 Å². The summed E-state index contributed by atoms with van der Waals surface area (Å²) in [6, 6.07) is 4.50. The number of rotatable bonds is 4. The molecule has 4 rings (SSSR count). The third kappa shape index (κ3) is 3.13.